The van der Waals surface area contributed by atoms with Gasteiger partial charge in [0, 0.05) is 10.9 Å². The zero-order chi connectivity index (χ0) is 12.4. The monoisotopic (exact) mass is 253 g/mol. The molecule has 0 spiro atoms. The molecule has 1 heterocycles. The molecule has 0 unspecified atom stereocenters. The molecule has 0 saturated heterocycles. The molecule has 0 radical (unpaired) electrons. The highest BCUT2D eigenvalue weighted by molar-refractivity contribution is 7.13. The van der Waals surface area contributed by atoms with Gasteiger partial charge < -0.3 is 9.84 Å². The van der Waals surface area contributed by atoms with Gasteiger partial charge in [0.2, 0.25) is 0 Å². The highest BCUT2D eigenvalue weighted by Gasteiger charge is 2.12. The summed E-state index contributed by atoms with van der Waals surface area (Å²) in [6, 6.07) is 4.28. The molecule has 0 bridgehead atoms. The number of ether oxygens (including phenoxy) is 1. The summed E-state index contributed by atoms with van der Waals surface area (Å²) in [6.07, 6.45) is 0. The first-order chi connectivity index (χ1) is 8.11. The van der Waals surface area contributed by atoms with Crippen LogP contribution in [-0.4, -0.2) is 23.2 Å². The number of hydrogen-bond acceptors (Lipinski definition) is 4. The molecule has 2 aromatic rings. The SMILES string of the molecule is COc1cc(-c2nc(C(=O)O)cs2)ccc1F. The van der Waals surface area contributed by atoms with Crippen molar-refractivity contribution in [3.8, 4) is 16.3 Å². The van der Waals surface area contributed by atoms with Crippen molar-refractivity contribution in [2.24, 2.45) is 0 Å². The van der Waals surface area contributed by atoms with E-state index in [9.17, 15) is 9.18 Å². The number of aromatic nitrogens is 1. The maximum Gasteiger partial charge on any atom is 0.355 e. The highest BCUT2D eigenvalue weighted by atomic mass is 32.1. The minimum absolute atomic E-state index is 0.0201. The molecular weight excluding hydrogens is 245 g/mol. The van der Waals surface area contributed by atoms with Crippen molar-refractivity contribution in [2.45, 2.75) is 0 Å². The van der Waals surface area contributed by atoms with E-state index in [1.165, 1.54) is 42.0 Å². The Morgan fingerprint density at radius 2 is 2.29 bits per heavy atom. The third-order valence-corrected chi connectivity index (χ3v) is 3.01. The van der Waals surface area contributed by atoms with Gasteiger partial charge >= 0.3 is 5.97 Å². The normalized spacial score (nSPS) is 10.2. The van der Waals surface area contributed by atoms with E-state index in [1.54, 1.807) is 0 Å². The van der Waals surface area contributed by atoms with E-state index in [2.05, 4.69) is 4.98 Å². The van der Waals surface area contributed by atoms with Gasteiger partial charge in [-0.2, -0.15) is 0 Å². The van der Waals surface area contributed by atoms with Crippen LogP contribution in [0, 0.1) is 5.82 Å². The minimum Gasteiger partial charge on any atom is -0.494 e. The number of methoxy groups -OCH3 is 1. The first-order valence-corrected chi connectivity index (χ1v) is 5.52. The number of benzene rings is 1. The van der Waals surface area contributed by atoms with Crippen molar-refractivity contribution < 1.29 is 19.0 Å². The number of halogens is 1. The molecule has 1 aromatic heterocycles. The first-order valence-electron chi connectivity index (χ1n) is 4.64. The average Bonchev–Trinajstić information content (AvgIpc) is 2.79. The zero-order valence-electron chi connectivity index (χ0n) is 8.81. The minimum atomic E-state index is -1.08. The quantitative estimate of drug-likeness (QED) is 0.913. The van der Waals surface area contributed by atoms with Gasteiger partial charge in [-0.15, -0.1) is 11.3 Å². The van der Waals surface area contributed by atoms with Crippen LogP contribution in [0.5, 0.6) is 5.75 Å². The number of thiazole rings is 1. The largest absolute Gasteiger partial charge is 0.494 e. The van der Waals surface area contributed by atoms with Gasteiger partial charge in [0.25, 0.3) is 0 Å². The Hall–Kier alpha value is -1.95. The van der Waals surface area contributed by atoms with Crippen LogP contribution in [0.2, 0.25) is 0 Å². The van der Waals surface area contributed by atoms with Gasteiger partial charge in [-0.3, -0.25) is 0 Å². The van der Waals surface area contributed by atoms with Crippen molar-refractivity contribution in [1.29, 1.82) is 0 Å². The van der Waals surface area contributed by atoms with Gasteiger partial charge in [-0.05, 0) is 18.2 Å². The lowest BCUT2D eigenvalue weighted by molar-refractivity contribution is 0.0691. The number of nitrogens with zero attached hydrogens (tertiary/aromatic N) is 1. The van der Waals surface area contributed by atoms with E-state index in [4.69, 9.17) is 9.84 Å². The number of rotatable bonds is 3. The summed E-state index contributed by atoms with van der Waals surface area (Å²) in [6.45, 7) is 0. The first kappa shape index (κ1) is 11.5. The summed E-state index contributed by atoms with van der Waals surface area (Å²) >= 11 is 1.19. The number of aromatic carboxylic acids is 1. The Bertz CT molecular complexity index is 568. The van der Waals surface area contributed by atoms with Crippen LogP contribution in [-0.2, 0) is 0 Å². The Morgan fingerprint density at radius 3 is 2.88 bits per heavy atom. The molecule has 6 heteroatoms. The number of carbonyl (C=O) groups is 1. The van der Waals surface area contributed by atoms with E-state index < -0.39 is 11.8 Å². The van der Waals surface area contributed by atoms with Crippen LogP contribution in [0.15, 0.2) is 23.6 Å². The van der Waals surface area contributed by atoms with Crippen LogP contribution in [0.4, 0.5) is 4.39 Å². The van der Waals surface area contributed by atoms with Crippen LogP contribution < -0.4 is 4.74 Å². The number of hydrogen-bond donors (Lipinski definition) is 1. The van der Waals surface area contributed by atoms with E-state index >= 15 is 0 Å². The lowest BCUT2D eigenvalue weighted by Crippen LogP contribution is -1.95. The van der Waals surface area contributed by atoms with E-state index in [0.29, 0.717) is 10.6 Å². The molecule has 2 rings (SSSR count). The zero-order valence-corrected chi connectivity index (χ0v) is 9.62. The van der Waals surface area contributed by atoms with E-state index in [1.807, 2.05) is 0 Å². The van der Waals surface area contributed by atoms with Crippen molar-refractivity contribution >= 4 is 17.3 Å². The standard InChI is InChI=1S/C11H8FNO3S/c1-16-9-4-6(2-3-7(9)12)10-13-8(5-17-10)11(14)15/h2-5H,1H3,(H,14,15). The molecule has 17 heavy (non-hydrogen) atoms. The van der Waals surface area contributed by atoms with Gasteiger partial charge in [0.1, 0.15) is 5.01 Å². The lowest BCUT2D eigenvalue weighted by atomic mass is 10.2. The fourth-order valence-electron chi connectivity index (χ4n) is 1.30. The molecule has 1 N–H and O–H groups in total. The van der Waals surface area contributed by atoms with Gasteiger partial charge in [-0.1, -0.05) is 0 Å². The van der Waals surface area contributed by atoms with Gasteiger partial charge in [0.05, 0.1) is 7.11 Å². The molecule has 88 valence electrons. The second-order valence-corrected chi connectivity index (χ2v) is 4.05. The molecule has 4 nitrogen and oxygen atoms in total. The van der Waals surface area contributed by atoms with E-state index in [-0.39, 0.29) is 11.4 Å². The summed E-state index contributed by atoms with van der Waals surface area (Å²) in [7, 11) is 1.37. The maximum absolute atomic E-state index is 13.2. The molecule has 0 aliphatic heterocycles. The fourth-order valence-corrected chi connectivity index (χ4v) is 2.09. The van der Waals surface area contributed by atoms with Gasteiger partial charge in [-0.25, -0.2) is 14.2 Å². The van der Waals surface area contributed by atoms with Crippen LogP contribution in [0.25, 0.3) is 10.6 Å². The lowest BCUT2D eigenvalue weighted by Gasteiger charge is -2.03. The van der Waals surface area contributed by atoms with Crippen LogP contribution in [0.3, 0.4) is 0 Å². The average molecular weight is 253 g/mol. The molecule has 0 amide bonds. The van der Waals surface area contributed by atoms with Crippen LogP contribution in [0.1, 0.15) is 10.5 Å². The van der Waals surface area contributed by atoms with Crippen molar-refractivity contribution in [3.63, 3.8) is 0 Å². The number of carboxylic acid groups (broad SMARTS) is 1. The summed E-state index contributed by atoms with van der Waals surface area (Å²) < 4.78 is 18.0. The molecule has 0 aliphatic rings. The molecule has 1 aromatic carbocycles. The van der Waals surface area contributed by atoms with Crippen molar-refractivity contribution in [1.82, 2.24) is 4.98 Å². The smallest absolute Gasteiger partial charge is 0.355 e. The molecular formula is C11H8FNO3S. The predicted octanol–water partition coefficient (Wildman–Crippen LogP) is 2.66. The Morgan fingerprint density at radius 1 is 1.53 bits per heavy atom. The van der Waals surface area contributed by atoms with Crippen molar-refractivity contribution in [2.75, 3.05) is 7.11 Å². The highest BCUT2D eigenvalue weighted by Crippen LogP contribution is 2.28. The number of carboxylic acids is 1. The van der Waals surface area contributed by atoms with Crippen molar-refractivity contribution in [3.05, 3.63) is 35.1 Å². The van der Waals surface area contributed by atoms with E-state index in [0.717, 1.165) is 0 Å². The summed E-state index contributed by atoms with van der Waals surface area (Å²) in [4.78, 5) is 14.6. The summed E-state index contributed by atoms with van der Waals surface area (Å²) in [5, 5.41) is 10.7. The Kier molecular flexibility index (Phi) is 3.06. The van der Waals surface area contributed by atoms with Crippen LogP contribution >= 0.6 is 11.3 Å². The second kappa shape index (κ2) is 4.50. The molecule has 0 fully saturated rings. The Balaban J connectivity index is 2.42. The molecule has 0 saturated carbocycles. The topological polar surface area (TPSA) is 59.4 Å². The second-order valence-electron chi connectivity index (χ2n) is 3.19. The predicted molar refractivity (Wildman–Crippen MR) is 61.0 cm³/mol. The summed E-state index contributed by atoms with van der Waals surface area (Å²) in [5.74, 6) is -1.44. The maximum atomic E-state index is 13.2. The fraction of sp³-hybridized carbons (Fsp3) is 0.0909. The third kappa shape index (κ3) is 2.26. The molecule has 0 aliphatic carbocycles. The van der Waals surface area contributed by atoms with Gasteiger partial charge in [0.15, 0.2) is 17.3 Å². The summed E-state index contributed by atoms with van der Waals surface area (Å²) in [5.41, 5.74) is 0.606. The Labute approximate surface area is 100 Å². The third-order valence-electron chi connectivity index (χ3n) is 2.12. The molecule has 0 atom stereocenters.